The number of ketones is 1. The Morgan fingerprint density at radius 3 is 1.96 bits per heavy atom. The number of halogens is 2. The van der Waals surface area contributed by atoms with E-state index in [-0.39, 0.29) is 17.4 Å². The monoisotopic (exact) mass is 342 g/mol. The Morgan fingerprint density at radius 2 is 1.40 bits per heavy atom. The van der Waals surface area contributed by atoms with Gasteiger partial charge in [-0.25, -0.2) is 8.78 Å². The number of carbonyl (C=O) groups is 1. The Hall–Kier alpha value is -2.69. The topological polar surface area (TPSA) is 23.6 Å². The lowest BCUT2D eigenvalue weighted by atomic mass is 10.1. The Balaban J connectivity index is 1.60. The second-order valence-corrected chi connectivity index (χ2v) is 6.15. The summed E-state index contributed by atoms with van der Waals surface area (Å²) in [5, 5.41) is 0. The zero-order valence-electron chi connectivity index (χ0n) is 14.1. The highest BCUT2D eigenvalue weighted by Gasteiger charge is 2.17. The van der Waals surface area contributed by atoms with Crippen LogP contribution in [0.1, 0.15) is 17.3 Å². The lowest BCUT2D eigenvalue weighted by Crippen LogP contribution is -2.44. The number of allylic oxidation sites excluding steroid dienone is 1. The number of carbonyl (C=O) groups excluding carboxylic acids is 1. The summed E-state index contributed by atoms with van der Waals surface area (Å²) >= 11 is 0. The van der Waals surface area contributed by atoms with Crippen LogP contribution in [0.4, 0.5) is 14.5 Å². The molecule has 1 aliphatic heterocycles. The molecule has 0 atom stereocenters. The summed E-state index contributed by atoms with van der Waals surface area (Å²) in [5.74, 6) is -0.684. The summed E-state index contributed by atoms with van der Waals surface area (Å²) in [7, 11) is 0. The van der Waals surface area contributed by atoms with Gasteiger partial charge in [-0.2, -0.15) is 0 Å². The highest BCUT2D eigenvalue weighted by molar-refractivity contribution is 6.08. The molecular weight excluding hydrogens is 322 g/mol. The van der Waals surface area contributed by atoms with Gasteiger partial charge in [-0.3, -0.25) is 4.79 Å². The lowest BCUT2D eigenvalue weighted by Gasteiger charge is -2.35. The van der Waals surface area contributed by atoms with Crippen molar-refractivity contribution in [1.29, 1.82) is 0 Å². The summed E-state index contributed by atoms with van der Waals surface area (Å²) in [5.41, 5.74) is 2.12. The van der Waals surface area contributed by atoms with Crippen LogP contribution in [0, 0.1) is 11.6 Å². The Kier molecular flexibility index (Phi) is 5.12. The van der Waals surface area contributed by atoms with E-state index < -0.39 is 0 Å². The van der Waals surface area contributed by atoms with Gasteiger partial charge in [0.2, 0.25) is 0 Å². The van der Waals surface area contributed by atoms with Gasteiger partial charge in [-0.05, 0) is 55.5 Å². The van der Waals surface area contributed by atoms with Crippen molar-refractivity contribution in [2.24, 2.45) is 0 Å². The first-order chi connectivity index (χ1) is 12.0. The molecule has 3 rings (SSSR count). The minimum Gasteiger partial charge on any atom is -0.373 e. The quantitative estimate of drug-likeness (QED) is 0.622. The van der Waals surface area contributed by atoms with E-state index in [0.29, 0.717) is 11.1 Å². The molecule has 0 bridgehead atoms. The Bertz CT molecular complexity index is 761. The first-order valence-corrected chi connectivity index (χ1v) is 8.26. The molecule has 0 unspecified atom stereocenters. The third kappa shape index (κ3) is 4.24. The predicted molar refractivity (Wildman–Crippen MR) is 94.7 cm³/mol. The van der Waals surface area contributed by atoms with Gasteiger partial charge in [0, 0.05) is 49.2 Å². The maximum Gasteiger partial charge on any atom is 0.190 e. The molecule has 130 valence electrons. The van der Waals surface area contributed by atoms with E-state index in [9.17, 15) is 13.6 Å². The average Bonchev–Trinajstić information content (AvgIpc) is 2.63. The number of Topliss-reactive ketones (excluding diaryl/α,β-unsaturated/α-hetero) is 1. The number of rotatable bonds is 4. The van der Waals surface area contributed by atoms with Crippen molar-refractivity contribution in [1.82, 2.24) is 4.90 Å². The third-order valence-electron chi connectivity index (χ3n) is 4.35. The molecule has 5 heteroatoms. The Labute approximate surface area is 146 Å². The van der Waals surface area contributed by atoms with Crippen LogP contribution < -0.4 is 4.90 Å². The van der Waals surface area contributed by atoms with Crippen molar-refractivity contribution in [2.75, 3.05) is 31.1 Å². The van der Waals surface area contributed by atoms with E-state index in [2.05, 4.69) is 9.80 Å². The van der Waals surface area contributed by atoms with Crippen molar-refractivity contribution in [3.63, 3.8) is 0 Å². The maximum atomic E-state index is 13.0. The standard InChI is InChI=1S/C20H20F2N2O/c1-15(20(25)16-2-4-17(21)5-3-16)14-23-10-12-24(13-11-23)19-8-6-18(22)7-9-19/h2-9,14H,10-13H2,1H3/b15-14+. The summed E-state index contributed by atoms with van der Waals surface area (Å²) in [4.78, 5) is 16.7. The molecule has 1 aliphatic rings. The predicted octanol–water partition coefficient (Wildman–Crippen LogP) is 3.87. The molecule has 3 nitrogen and oxygen atoms in total. The SMILES string of the molecule is C/C(=C\N1CCN(c2ccc(F)cc2)CC1)C(=O)c1ccc(F)cc1. The van der Waals surface area contributed by atoms with Crippen LogP contribution in [0.5, 0.6) is 0 Å². The molecule has 2 aromatic carbocycles. The fraction of sp³-hybridized carbons (Fsp3) is 0.250. The van der Waals surface area contributed by atoms with Crippen molar-refractivity contribution >= 4 is 11.5 Å². The number of nitrogens with zero attached hydrogens (tertiary/aromatic N) is 2. The van der Waals surface area contributed by atoms with E-state index >= 15 is 0 Å². The molecule has 0 aromatic heterocycles. The zero-order valence-corrected chi connectivity index (χ0v) is 14.1. The molecule has 0 N–H and O–H groups in total. The first-order valence-electron chi connectivity index (χ1n) is 8.26. The molecule has 1 heterocycles. The van der Waals surface area contributed by atoms with Gasteiger partial charge in [-0.15, -0.1) is 0 Å². The second kappa shape index (κ2) is 7.47. The van der Waals surface area contributed by atoms with Gasteiger partial charge in [0.25, 0.3) is 0 Å². The number of hydrogen-bond acceptors (Lipinski definition) is 3. The number of anilines is 1. The maximum absolute atomic E-state index is 13.0. The van der Waals surface area contributed by atoms with Gasteiger partial charge >= 0.3 is 0 Å². The average molecular weight is 342 g/mol. The normalized spacial score (nSPS) is 15.4. The highest BCUT2D eigenvalue weighted by atomic mass is 19.1. The van der Waals surface area contributed by atoms with Crippen LogP contribution in [0.2, 0.25) is 0 Å². The fourth-order valence-corrected chi connectivity index (χ4v) is 2.92. The van der Waals surface area contributed by atoms with Gasteiger partial charge in [0.05, 0.1) is 0 Å². The molecule has 2 aromatic rings. The van der Waals surface area contributed by atoms with Crippen LogP contribution >= 0.6 is 0 Å². The van der Waals surface area contributed by atoms with Crippen LogP contribution in [-0.2, 0) is 0 Å². The summed E-state index contributed by atoms with van der Waals surface area (Å²) in [6, 6.07) is 12.1. The lowest BCUT2D eigenvalue weighted by molar-refractivity contribution is 0.103. The van der Waals surface area contributed by atoms with Crippen molar-refractivity contribution in [2.45, 2.75) is 6.92 Å². The van der Waals surface area contributed by atoms with Crippen LogP contribution in [0.25, 0.3) is 0 Å². The minimum absolute atomic E-state index is 0.0963. The van der Waals surface area contributed by atoms with Crippen LogP contribution in [0.15, 0.2) is 60.3 Å². The van der Waals surface area contributed by atoms with E-state index in [1.807, 2.05) is 6.20 Å². The van der Waals surface area contributed by atoms with Crippen LogP contribution in [0.3, 0.4) is 0 Å². The third-order valence-corrected chi connectivity index (χ3v) is 4.35. The number of hydrogen-bond donors (Lipinski definition) is 0. The molecule has 0 aliphatic carbocycles. The second-order valence-electron chi connectivity index (χ2n) is 6.15. The molecule has 1 saturated heterocycles. The van der Waals surface area contributed by atoms with E-state index in [1.165, 1.54) is 36.4 Å². The minimum atomic E-state index is -0.352. The summed E-state index contributed by atoms with van der Waals surface area (Å²) < 4.78 is 26.0. The van der Waals surface area contributed by atoms with Gasteiger partial charge in [-0.1, -0.05) is 0 Å². The molecule has 25 heavy (non-hydrogen) atoms. The Morgan fingerprint density at radius 1 is 0.880 bits per heavy atom. The fourth-order valence-electron chi connectivity index (χ4n) is 2.92. The number of piperazine rings is 1. The van der Waals surface area contributed by atoms with Gasteiger partial charge in [0.15, 0.2) is 5.78 Å². The molecule has 0 amide bonds. The number of benzene rings is 2. The largest absolute Gasteiger partial charge is 0.373 e. The molecular formula is C20H20F2N2O. The van der Waals surface area contributed by atoms with Crippen molar-refractivity contribution < 1.29 is 13.6 Å². The smallest absolute Gasteiger partial charge is 0.190 e. The van der Waals surface area contributed by atoms with E-state index in [4.69, 9.17) is 0 Å². The molecule has 0 saturated carbocycles. The molecule has 0 radical (unpaired) electrons. The summed E-state index contributed by atoms with van der Waals surface area (Å²) in [6.45, 7) is 4.95. The van der Waals surface area contributed by atoms with Gasteiger partial charge < -0.3 is 9.80 Å². The zero-order chi connectivity index (χ0) is 17.8. The molecule has 1 fully saturated rings. The first kappa shape index (κ1) is 17.1. The van der Waals surface area contributed by atoms with E-state index in [1.54, 1.807) is 19.1 Å². The highest BCUT2D eigenvalue weighted by Crippen LogP contribution is 2.18. The van der Waals surface area contributed by atoms with Crippen molar-refractivity contribution in [3.05, 3.63) is 77.5 Å². The van der Waals surface area contributed by atoms with Crippen LogP contribution in [-0.4, -0.2) is 36.9 Å². The van der Waals surface area contributed by atoms with Crippen molar-refractivity contribution in [3.8, 4) is 0 Å². The van der Waals surface area contributed by atoms with Gasteiger partial charge in [0.1, 0.15) is 11.6 Å². The van der Waals surface area contributed by atoms with E-state index in [0.717, 1.165) is 31.9 Å². The molecule has 0 spiro atoms. The summed E-state index contributed by atoms with van der Waals surface area (Å²) in [6.07, 6.45) is 1.87.